The first-order chi connectivity index (χ1) is 9.56. The van der Waals surface area contributed by atoms with Crippen LogP contribution in [0.2, 0.25) is 0 Å². The van der Waals surface area contributed by atoms with Crippen LogP contribution in [0.1, 0.15) is 42.6 Å². The smallest absolute Gasteiger partial charge is 0.338 e. The number of nitrogens with zero attached hydrogens (tertiary/aromatic N) is 1. The standard InChI is InChI=1S/C15H18N2O3/c1-3-4-11(2)17-14(18)10-20-15(19)13-7-5-12(9-16)6-8-13/h5-8,11H,3-4,10H2,1-2H3,(H,17,18). The summed E-state index contributed by atoms with van der Waals surface area (Å²) in [6.07, 6.45) is 1.86. The fourth-order valence-corrected chi connectivity index (χ4v) is 1.72. The van der Waals surface area contributed by atoms with Crippen molar-refractivity contribution in [2.24, 2.45) is 0 Å². The van der Waals surface area contributed by atoms with Gasteiger partial charge in [0.15, 0.2) is 6.61 Å². The second kappa shape index (κ2) is 7.95. The van der Waals surface area contributed by atoms with E-state index in [1.807, 2.05) is 19.9 Å². The number of ether oxygens (including phenoxy) is 1. The fraction of sp³-hybridized carbons (Fsp3) is 0.400. The van der Waals surface area contributed by atoms with Crippen molar-refractivity contribution in [3.8, 4) is 6.07 Å². The summed E-state index contributed by atoms with van der Waals surface area (Å²) in [6.45, 7) is 3.64. The Kier molecular flexibility index (Phi) is 6.24. The highest BCUT2D eigenvalue weighted by molar-refractivity contribution is 5.91. The number of nitriles is 1. The van der Waals surface area contributed by atoms with Crippen molar-refractivity contribution in [2.45, 2.75) is 32.7 Å². The van der Waals surface area contributed by atoms with Crippen molar-refractivity contribution >= 4 is 11.9 Å². The van der Waals surface area contributed by atoms with Crippen LogP contribution >= 0.6 is 0 Å². The lowest BCUT2D eigenvalue weighted by atomic mass is 10.1. The third-order valence-electron chi connectivity index (χ3n) is 2.71. The number of carbonyl (C=O) groups excluding carboxylic acids is 2. The summed E-state index contributed by atoms with van der Waals surface area (Å²) in [5.74, 6) is -0.888. The normalized spacial score (nSPS) is 11.2. The second-order valence-electron chi connectivity index (χ2n) is 4.52. The molecule has 5 nitrogen and oxygen atoms in total. The molecule has 0 aliphatic carbocycles. The molecule has 0 radical (unpaired) electrons. The Morgan fingerprint density at radius 2 is 2.00 bits per heavy atom. The molecule has 1 amide bonds. The van der Waals surface area contributed by atoms with Crippen LogP contribution in [0, 0.1) is 11.3 Å². The molecule has 1 aromatic carbocycles. The van der Waals surface area contributed by atoms with Gasteiger partial charge in [-0.05, 0) is 37.6 Å². The molecule has 20 heavy (non-hydrogen) atoms. The molecule has 1 N–H and O–H groups in total. The molecule has 1 rings (SSSR count). The zero-order chi connectivity index (χ0) is 15.0. The van der Waals surface area contributed by atoms with Gasteiger partial charge < -0.3 is 10.1 Å². The van der Waals surface area contributed by atoms with Crippen LogP contribution in [-0.2, 0) is 9.53 Å². The molecule has 106 valence electrons. The van der Waals surface area contributed by atoms with Gasteiger partial charge in [0, 0.05) is 6.04 Å². The van der Waals surface area contributed by atoms with Crippen LogP contribution in [0.4, 0.5) is 0 Å². The third-order valence-corrected chi connectivity index (χ3v) is 2.71. The van der Waals surface area contributed by atoms with E-state index >= 15 is 0 Å². The molecular weight excluding hydrogens is 256 g/mol. The van der Waals surface area contributed by atoms with Gasteiger partial charge in [-0.3, -0.25) is 4.79 Å². The maximum absolute atomic E-state index is 11.7. The molecule has 1 aromatic rings. The maximum atomic E-state index is 11.7. The number of amides is 1. The van der Waals surface area contributed by atoms with E-state index in [2.05, 4.69) is 5.32 Å². The highest BCUT2D eigenvalue weighted by atomic mass is 16.5. The lowest BCUT2D eigenvalue weighted by Crippen LogP contribution is -2.35. The molecule has 0 aliphatic heterocycles. The minimum Gasteiger partial charge on any atom is -0.452 e. The van der Waals surface area contributed by atoms with Crippen molar-refractivity contribution in [1.29, 1.82) is 5.26 Å². The first-order valence-electron chi connectivity index (χ1n) is 6.53. The summed E-state index contributed by atoms with van der Waals surface area (Å²) in [5.41, 5.74) is 0.783. The molecule has 0 spiro atoms. The predicted molar refractivity (Wildman–Crippen MR) is 74.0 cm³/mol. The summed E-state index contributed by atoms with van der Waals surface area (Å²) < 4.78 is 4.91. The SMILES string of the molecule is CCCC(C)NC(=O)COC(=O)c1ccc(C#N)cc1. The first kappa shape index (κ1) is 15.7. The zero-order valence-corrected chi connectivity index (χ0v) is 11.7. The second-order valence-corrected chi connectivity index (χ2v) is 4.52. The van der Waals surface area contributed by atoms with E-state index in [0.29, 0.717) is 11.1 Å². The van der Waals surface area contributed by atoms with E-state index in [9.17, 15) is 9.59 Å². The van der Waals surface area contributed by atoms with Gasteiger partial charge in [-0.15, -0.1) is 0 Å². The first-order valence-corrected chi connectivity index (χ1v) is 6.53. The topological polar surface area (TPSA) is 79.2 Å². The zero-order valence-electron chi connectivity index (χ0n) is 11.7. The predicted octanol–water partition coefficient (Wildman–Crippen LogP) is 2.02. The van der Waals surface area contributed by atoms with E-state index in [0.717, 1.165) is 12.8 Å². The van der Waals surface area contributed by atoms with E-state index in [4.69, 9.17) is 10.00 Å². The van der Waals surface area contributed by atoms with Gasteiger partial charge in [-0.2, -0.15) is 5.26 Å². The lowest BCUT2D eigenvalue weighted by molar-refractivity contribution is -0.124. The van der Waals surface area contributed by atoms with Gasteiger partial charge in [-0.25, -0.2) is 4.79 Å². The van der Waals surface area contributed by atoms with Crippen molar-refractivity contribution < 1.29 is 14.3 Å². The van der Waals surface area contributed by atoms with Crippen molar-refractivity contribution in [3.63, 3.8) is 0 Å². The average molecular weight is 274 g/mol. The van der Waals surface area contributed by atoms with Crippen molar-refractivity contribution in [2.75, 3.05) is 6.61 Å². The molecule has 0 heterocycles. The third kappa shape index (κ3) is 5.11. The number of nitrogens with one attached hydrogen (secondary N) is 1. The van der Waals surface area contributed by atoms with Crippen LogP contribution in [0.25, 0.3) is 0 Å². The number of benzene rings is 1. The lowest BCUT2D eigenvalue weighted by Gasteiger charge is -2.12. The molecule has 0 bridgehead atoms. The van der Waals surface area contributed by atoms with Gasteiger partial charge in [-0.1, -0.05) is 13.3 Å². The number of hydrogen-bond donors (Lipinski definition) is 1. The Balaban J connectivity index is 2.42. The summed E-state index contributed by atoms with van der Waals surface area (Å²) in [6, 6.07) is 8.08. The number of rotatable bonds is 6. The molecule has 0 aromatic heterocycles. The van der Waals surface area contributed by atoms with Crippen molar-refractivity contribution in [1.82, 2.24) is 5.32 Å². The average Bonchev–Trinajstić information content (AvgIpc) is 2.45. The number of esters is 1. The van der Waals surface area contributed by atoms with Gasteiger partial charge >= 0.3 is 5.97 Å². The molecular formula is C15H18N2O3. The molecule has 0 saturated heterocycles. The van der Waals surface area contributed by atoms with Crippen molar-refractivity contribution in [3.05, 3.63) is 35.4 Å². The monoisotopic (exact) mass is 274 g/mol. The quantitative estimate of drug-likeness (QED) is 0.805. The van der Waals surface area contributed by atoms with Crippen LogP contribution in [0.3, 0.4) is 0 Å². The molecule has 0 aliphatic rings. The largest absolute Gasteiger partial charge is 0.452 e. The fourth-order valence-electron chi connectivity index (χ4n) is 1.72. The molecule has 1 unspecified atom stereocenters. The van der Waals surface area contributed by atoms with Crippen LogP contribution in [0.15, 0.2) is 24.3 Å². The van der Waals surface area contributed by atoms with Gasteiger partial charge in [0.25, 0.3) is 5.91 Å². The highest BCUT2D eigenvalue weighted by Gasteiger charge is 2.11. The van der Waals surface area contributed by atoms with E-state index in [-0.39, 0.29) is 18.6 Å². The summed E-state index contributed by atoms with van der Waals surface area (Å²) >= 11 is 0. The van der Waals surface area contributed by atoms with Gasteiger partial charge in [0.2, 0.25) is 0 Å². The van der Waals surface area contributed by atoms with E-state index in [1.54, 1.807) is 0 Å². The summed E-state index contributed by atoms with van der Waals surface area (Å²) in [5, 5.41) is 11.4. The van der Waals surface area contributed by atoms with E-state index in [1.165, 1.54) is 24.3 Å². The Labute approximate surface area is 118 Å². The minimum absolute atomic E-state index is 0.0705. The van der Waals surface area contributed by atoms with Gasteiger partial charge in [0.05, 0.1) is 17.2 Å². The Morgan fingerprint density at radius 1 is 1.35 bits per heavy atom. The van der Waals surface area contributed by atoms with Crippen LogP contribution < -0.4 is 5.32 Å². The number of carbonyl (C=O) groups is 2. The minimum atomic E-state index is -0.576. The van der Waals surface area contributed by atoms with E-state index < -0.39 is 5.97 Å². The Hall–Kier alpha value is -2.35. The molecule has 0 saturated carbocycles. The van der Waals surface area contributed by atoms with Crippen LogP contribution in [0.5, 0.6) is 0 Å². The summed E-state index contributed by atoms with van der Waals surface area (Å²) in [7, 11) is 0. The molecule has 1 atom stereocenters. The highest BCUT2D eigenvalue weighted by Crippen LogP contribution is 2.05. The Bertz CT molecular complexity index is 503. The van der Waals surface area contributed by atoms with Crippen LogP contribution in [-0.4, -0.2) is 24.5 Å². The summed E-state index contributed by atoms with van der Waals surface area (Å²) in [4.78, 5) is 23.2. The molecule has 0 fully saturated rings. The van der Waals surface area contributed by atoms with Gasteiger partial charge in [0.1, 0.15) is 0 Å². The Morgan fingerprint density at radius 3 is 2.55 bits per heavy atom. The molecule has 5 heteroatoms. The number of hydrogen-bond acceptors (Lipinski definition) is 4. The maximum Gasteiger partial charge on any atom is 0.338 e.